The van der Waals surface area contributed by atoms with Gasteiger partial charge in [0.2, 0.25) is 0 Å². The lowest BCUT2D eigenvalue weighted by Gasteiger charge is -2.16. The van der Waals surface area contributed by atoms with Crippen LogP contribution in [0.2, 0.25) is 0 Å². The first kappa shape index (κ1) is 22.8. The summed E-state index contributed by atoms with van der Waals surface area (Å²) >= 11 is 0. The molecule has 0 aliphatic heterocycles. The van der Waals surface area contributed by atoms with E-state index in [2.05, 4.69) is 10.6 Å². The van der Waals surface area contributed by atoms with Gasteiger partial charge in [0.15, 0.2) is 6.61 Å². The Morgan fingerprint density at radius 3 is 2.25 bits per heavy atom. The number of esters is 1. The van der Waals surface area contributed by atoms with Crippen LogP contribution in [0.1, 0.15) is 56.3 Å². The Morgan fingerprint density at radius 1 is 0.938 bits per heavy atom. The molecule has 1 heterocycles. The smallest absolute Gasteiger partial charge is 0.342 e. The molecule has 1 aromatic heterocycles. The zero-order chi connectivity index (χ0) is 23.3. The maximum Gasteiger partial charge on any atom is 0.342 e. The van der Waals surface area contributed by atoms with E-state index in [4.69, 9.17) is 9.15 Å². The Morgan fingerprint density at radius 2 is 1.59 bits per heavy atom. The van der Waals surface area contributed by atoms with Crippen LogP contribution in [0.15, 0.2) is 59.0 Å². The van der Waals surface area contributed by atoms with Gasteiger partial charge in [-0.05, 0) is 45.4 Å². The fraction of sp³-hybridized carbons (Fsp3) is 0.240. The Bertz CT molecular complexity index is 1130. The van der Waals surface area contributed by atoms with E-state index in [1.54, 1.807) is 45.0 Å². The van der Waals surface area contributed by atoms with Crippen molar-refractivity contribution in [2.24, 2.45) is 0 Å². The Kier molecular flexibility index (Phi) is 7.10. The number of nitrogens with one attached hydrogen (secondary N) is 2. The number of furan rings is 1. The number of rotatable bonds is 7. The highest BCUT2D eigenvalue weighted by Gasteiger charge is 2.21. The monoisotopic (exact) mass is 434 g/mol. The SMILES string of the molecule is Cc1oc(C)c(C(=O)OCC(=O)Nc2ccccc2C(=O)NC(C)c2ccccc2)c1C. The number of ether oxygens (including phenoxy) is 1. The van der Waals surface area contributed by atoms with Crippen molar-refractivity contribution in [1.29, 1.82) is 0 Å². The van der Waals surface area contributed by atoms with Crippen LogP contribution in [0.25, 0.3) is 0 Å². The molecule has 1 unspecified atom stereocenters. The third-order valence-corrected chi connectivity index (χ3v) is 5.19. The largest absolute Gasteiger partial charge is 0.465 e. The molecule has 166 valence electrons. The van der Waals surface area contributed by atoms with Crippen LogP contribution in [0, 0.1) is 20.8 Å². The van der Waals surface area contributed by atoms with E-state index in [0.717, 1.165) is 5.56 Å². The number of hydrogen-bond acceptors (Lipinski definition) is 5. The maximum absolute atomic E-state index is 12.8. The number of para-hydroxylation sites is 1. The summed E-state index contributed by atoms with van der Waals surface area (Å²) in [5.74, 6) is -0.433. The summed E-state index contributed by atoms with van der Waals surface area (Å²) in [4.78, 5) is 37.6. The third kappa shape index (κ3) is 5.24. The molecule has 0 aliphatic rings. The third-order valence-electron chi connectivity index (χ3n) is 5.19. The lowest BCUT2D eigenvalue weighted by Crippen LogP contribution is -2.28. The minimum atomic E-state index is -0.630. The van der Waals surface area contributed by atoms with E-state index < -0.39 is 18.5 Å². The second kappa shape index (κ2) is 9.96. The normalized spacial score (nSPS) is 11.5. The molecule has 0 radical (unpaired) electrons. The second-order valence-corrected chi connectivity index (χ2v) is 7.49. The summed E-state index contributed by atoms with van der Waals surface area (Å²) in [6, 6.07) is 16.0. The number of anilines is 1. The Hall–Kier alpha value is -3.87. The van der Waals surface area contributed by atoms with E-state index in [9.17, 15) is 14.4 Å². The van der Waals surface area contributed by atoms with E-state index >= 15 is 0 Å². The molecule has 0 aliphatic carbocycles. The zero-order valence-corrected chi connectivity index (χ0v) is 18.5. The van der Waals surface area contributed by atoms with E-state index in [-0.39, 0.29) is 11.9 Å². The van der Waals surface area contributed by atoms with Gasteiger partial charge < -0.3 is 19.8 Å². The van der Waals surface area contributed by atoms with Crippen LogP contribution < -0.4 is 10.6 Å². The summed E-state index contributed by atoms with van der Waals surface area (Å²) in [7, 11) is 0. The van der Waals surface area contributed by atoms with E-state index in [1.807, 2.05) is 37.3 Å². The fourth-order valence-corrected chi connectivity index (χ4v) is 3.37. The van der Waals surface area contributed by atoms with E-state index in [0.29, 0.717) is 33.9 Å². The zero-order valence-electron chi connectivity index (χ0n) is 18.5. The van der Waals surface area contributed by atoms with Crippen molar-refractivity contribution in [3.8, 4) is 0 Å². The van der Waals surface area contributed by atoms with Gasteiger partial charge in [0, 0.05) is 5.56 Å². The molecular formula is C25H26N2O5. The minimum absolute atomic E-state index is 0.210. The first-order chi connectivity index (χ1) is 15.3. The Balaban J connectivity index is 1.63. The van der Waals surface area contributed by atoms with Crippen LogP contribution in [0.5, 0.6) is 0 Å². The molecule has 32 heavy (non-hydrogen) atoms. The van der Waals surface area contributed by atoms with Crippen LogP contribution in [-0.4, -0.2) is 24.4 Å². The number of carbonyl (C=O) groups excluding carboxylic acids is 3. The standard InChI is InChI=1S/C25H26N2O5/c1-15-17(3)32-18(4)23(15)25(30)31-14-22(28)27-21-13-9-8-12-20(21)24(29)26-16(2)19-10-6-5-7-11-19/h5-13,16H,14H2,1-4H3,(H,26,29)(H,27,28). The second-order valence-electron chi connectivity index (χ2n) is 7.49. The number of amides is 2. The molecule has 0 spiro atoms. The van der Waals surface area contributed by atoms with Crippen molar-refractivity contribution in [3.05, 3.63) is 88.4 Å². The highest BCUT2D eigenvalue weighted by Crippen LogP contribution is 2.22. The van der Waals surface area contributed by atoms with Crippen molar-refractivity contribution in [2.75, 3.05) is 11.9 Å². The van der Waals surface area contributed by atoms with Gasteiger partial charge >= 0.3 is 5.97 Å². The summed E-state index contributed by atoms with van der Waals surface area (Å²) < 4.78 is 10.6. The van der Waals surface area contributed by atoms with Gasteiger partial charge in [-0.25, -0.2) is 4.79 Å². The molecule has 7 nitrogen and oxygen atoms in total. The molecule has 2 N–H and O–H groups in total. The number of benzene rings is 2. The van der Waals surface area contributed by atoms with Crippen molar-refractivity contribution >= 4 is 23.5 Å². The number of aryl methyl sites for hydroxylation is 2. The van der Waals surface area contributed by atoms with Crippen LogP contribution in [-0.2, 0) is 9.53 Å². The predicted molar refractivity (Wildman–Crippen MR) is 121 cm³/mol. The van der Waals surface area contributed by atoms with Gasteiger partial charge in [-0.2, -0.15) is 0 Å². The van der Waals surface area contributed by atoms with Gasteiger partial charge in [0.05, 0.1) is 17.3 Å². The van der Waals surface area contributed by atoms with Crippen molar-refractivity contribution in [1.82, 2.24) is 5.32 Å². The quantitative estimate of drug-likeness (QED) is 0.534. The lowest BCUT2D eigenvalue weighted by molar-refractivity contribution is -0.119. The van der Waals surface area contributed by atoms with Gasteiger partial charge in [0.1, 0.15) is 17.1 Å². The average Bonchev–Trinajstić information content (AvgIpc) is 3.04. The molecule has 0 saturated heterocycles. The number of hydrogen-bond donors (Lipinski definition) is 2. The molecule has 0 bridgehead atoms. The van der Waals surface area contributed by atoms with Crippen molar-refractivity contribution in [2.45, 2.75) is 33.7 Å². The molecule has 1 atom stereocenters. The highest BCUT2D eigenvalue weighted by molar-refractivity contribution is 6.04. The molecule has 7 heteroatoms. The van der Waals surface area contributed by atoms with Gasteiger partial charge in [-0.3, -0.25) is 9.59 Å². The first-order valence-corrected chi connectivity index (χ1v) is 10.3. The summed E-state index contributed by atoms with van der Waals surface area (Å²) in [5, 5.41) is 5.57. The predicted octanol–water partition coefficient (Wildman–Crippen LogP) is 4.49. The number of carbonyl (C=O) groups is 3. The molecule has 0 saturated carbocycles. The molecule has 3 rings (SSSR count). The minimum Gasteiger partial charge on any atom is -0.465 e. The van der Waals surface area contributed by atoms with Crippen molar-refractivity contribution < 1.29 is 23.5 Å². The van der Waals surface area contributed by atoms with E-state index in [1.165, 1.54) is 0 Å². The van der Waals surface area contributed by atoms with Gasteiger partial charge in [0.25, 0.3) is 11.8 Å². The molecule has 0 fully saturated rings. The van der Waals surface area contributed by atoms with Crippen LogP contribution in [0.3, 0.4) is 0 Å². The van der Waals surface area contributed by atoms with Crippen molar-refractivity contribution in [3.63, 3.8) is 0 Å². The topological polar surface area (TPSA) is 97.6 Å². The summed E-state index contributed by atoms with van der Waals surface area (Å²) in [6.07, 6.45) is 0. The van der Waals surface area contributed by atoms with Gasteiger partial charge in [-0.15, -0.1) is 0 Å². The highest BCUT2D eigenvalue weighted by atomic mass is 16.5. The first-order valence-electron chi connectivity index (χ1n) is 10.3. The summed E-state index contributed by atoms with van der Waals surface area (Å²) in [5.41, 5.74) is 2.62. The molecule has 2 amide bonds. The van der Waals surface area contributed by atoms with Crippen LogP contribution in [0.4, 0.5) is 5.69 Å². The summed E-state index contributed by atoms with van der Waals surface area (Å²) in [6.45, 7) is 6.58. The average molecular weight is 434 g/mol. The molecular weight excluding hydrogens is 408 g/mol. The van der Waals surface area contributed by atoms with Gasteiger partial charge in [-0.1, -0.05) is 42.5 Å². The fourth-order valence-electron chi connectivity index (χ4n) is 3.37. The van der Waals surface area contributed by atoms with Crippen LogP contribution >= 0.6 is 0 Å². The molecule has 3 aromatic rings. The molecule has 2 aromatic carbocycles. The maximum atomic E-state index is 12.8. The lowest BCUT2D eigenvalue weighted by atomic mass is 10.1. The Labute approximate surface area is 186 Å².